The van der Waals surface area contributed by atoms with Crippen LogP contribution in [0.3, 0.4) is 0 Å². The lowest BCUT2D eigenvalue weighted by Gasteiger charge is -2.28. The van der Waals surface area contributed by atoms with Crippen LogP contribution >= 0.6 is 0 Å². The number of hydrogen-bond donors (Lipinski definition) is 4. The van der Waals surface area contributed by atoms with E-state index in [1.54, 1.807) is 6.20 Å². The second-order valence-corrected chi connectivity index (χ2v) is 10.5. The predicted octanol–water partition coefficient (Wildman–Crippen LogP) is 3.55. The fourth-order valence-corrected chi connectivity index (χ4v) is 5.76. The maximum atomic E-state index is 13.4. The van der Waals surface area contributed by atoms with Crippen LogP contribution in [0.2, 0.25) is 0 Å². The highest BCUT2D eigenvalue weighted by Gasteiger charge is 2.30. The summed E-state index contributed by atoms with van der Waals surface area (Å²) in [6.45, 7) is 1.80. The lowest BCUT2D eigenvalue weighted by molar-refractivity contribution is -0.119. The first-order valence-electron chi connectivity index (χ1n) is 13.6. The fourth-order valence-electron chi connectivity index (χ4n) is 5.76. The Bertz CT molecular complexity index is 1350. The highest BCUT2D eigenvalue weighted by atomic mass is 16.4. The Balaban J connectivity index is 1.29. The number of nitrogens with two attached hydrogens (primary N) is 1. The number of nitrogens with zero attached hydrogens (tertiary/aromatic N) is 3. The third-order valence-electron chi connectivity index (χ3n) is 7.94. The van der Waals surface area contributed by atoms with Crippen molar-refractivity contribution in [2.24, 2.45) is 17.6 Å². The third kappa shape index (κ3) is 6.10. The van der Waals surface area contributed by atoms with E-state index in [0.717, 1.165) is 61.5 Å². The average molecular weight is 531 g/mol. The first kappa shape index (κ1) is 26.4. The average Bonchev–Trinajstić information content (AvgIpc) is 3.45. The lowest BCUT2D eigenvalue weighted by atomic mass is 9.82. The van der Waals surface area contributed by atoms with Crippen molar-refractivity contribution in [3.8, 4) is 11.3 Å². The zero-order chi connectivity index (χ0) is 27.4. The van der Waals surface area contributed by atoms with Crippen LogP contribution < -0.4 is 21.3 Å². The summed E-state index contributed by atoms with van der Waals surface area (Å²) >= 11 is 0. The van der Waals surface area contributed by atoms with Gasteiger partial charge < -0.3 is 26.4 Å². The molecule has 1 aliphatic heterocycles. The number of anilines is 1. The van der Waals surface area contributed by atoms with Gasteiger partial charge in [-0.25, -0.2) is 14.8 Å². The van der Waals surface area contributed by atoms with Gasteiger partial charge >= 0.3 is 6.09 Å². The third-order valence-corrected chi connectivity index (χ3v) is 7.94. The number of carbonyl (C=O) groups excluding carboxylic acids is 2. The molecule has 0 spiro atoms. The Labute approximate surface area is 227 Å². The SMILES string of the molecule is NC(=O)[C@@H]1CCCN1c1ccc(-c2cc(C(=O)NCC3CCC(CNC(=O)O)CC3)c3ccccc3n2)cn1. The van der Waals surface area contributed by atoms with Crippen molar-refractivity contribution in [3.63, 3.8) is 0 Å². The molecule has 5 rings (SSSR count). The van der Waals surface area contributed by atoms with Crippen molar-refractivity contribution in [3.05, 3.63) is 54.2 Å². The van der Waals surface area contributed by atoms with E-state index in [2.05, 4.69) is 15.6 Å². The maximum absolute atomic E-state index is 13.4. The van der Waals surface area contributed by atoms with Gasteiger partial charge in [0.15, 0.2) is 0 Å². The zero-order valence-electron chi connectivity index (χ0n) is 21.8. The number of hydrogen-bond acceptors (Lipinski definition) is 6. The molecule has 0 bridgehead atoms. The van der Waals surface area contributed by atoms with Crippen LogP contribution in [0.5, 0.6) is 0 Å². The van der Waals surface area contributed by atoms with Crippen LogP contribution in [0.15, 0.2) is 48.7 Å². The molecule has 1 atom stereocenters. The minimum Gasteiger partial charge on any atom is -0.465 e. The number of fused-ring (bicyclic) bond motifs is 1. The summed E-state index contributed by atoms with van der Waals surface area (Å²) in [6, 6.07) is 12.8. The van der Waals surface area contributed by atoms with E-state index in [1.165, 1.54) is 0 Å². The summed E-state index contributed by atoms with van der Waals surface area (Å²) in [6.07, 6.45) is 6.18. The number of carbonyl (C=O) groups is 3. The van der Waals surface area contributed by atoms with Crippen molar-refractivity contribution >= 4 is 34.6 Å². The molecule has 1 aliphatic carbocycles. The number of primary amides is 1. The highest BCUT2D eigenvalue weighted by Crippen LogP contribution is 2.30. The van der Waals surface area contributed by atoms with Gasteiger partial charge in [0, 0.05) is 36.8 Å². The van der Waals surface area contributed by atoms with Gasteiger partial charge in [-0.3, -0.25) is 9.59 Å². The number of nitrogens with one attached hydrogen (secondary N) is 2. The van der Waals surface area contributed by atoms with Crippen LogP contribution in [-0.4, -0.2) is 58.7 Å². The Hall–Kier alpha value is -4.21. The summed E-state index contributed by atoms with van der Waals surface area (Å²) in [5, 5.41) is 15.2. The van der Waals surface area contributed by atoms with Gasteiger partial charge in [-0.1, -0.05) is 18.2 Å². The van der Waals surface area contributed by atoms with Gasteiger partial charge in [0.2, 0.25) is 5.91 Å². The molecule has 1 aromatic carbocycles. The number of rotatable bonds is 8. The standard InChI is InChI=1S/C29H34N6O4/c30-27(36)25-6-3-13-35(25)26-12-11-20(17-31-26)24-14-22(21-4-1-2-5-23(21)34-24)28(37)32-15-18-7-9-19(10-8-18)16-33-29(38)39/h1-2,4-5,11-12,14,17-19,25,33H,3,6-10,13,15-16H2,(H2,30,36)(H,32,37)(H,38,39)/t18?,19?,25-/m0/s1. The molecule has 5 N–H and O–H groups in total. The Kier molecular flexibility index (Phi) is 7.90. The first-order valence-corrected chi connectivity index (χ1v) is 13.6. The topological polar surface area (TPSA) is 151 Å². The molecular weight excluding hydrogens is 496 g/mol. The normalized spacial score (nSPS) is 21.0. The largest absolute Gasteiger partial charge is 0.465 e. The molecule has 2 fully saturated rings. The molecule has 3 amide bonds. The Morgan fingerprint density at radius 1 is 0.974 bits per heavy atom. The zero-order valence-corrected chi connectivity index (χ0v) is 21.8. The molecule has 0 radical (unpaired) electrons. The predicted molar refractivity (Wildman–Crippen MR) is 148 cm³/mol. The minimum absolute atomic E-state index is 0.143. The molecule has 2 aliphatic rings. The molecule has 3 aromatic rings. The number of carboxylic acid groups (broad SMARTS) is 1. The molecule has 2 aromatic heterocycles. The molecule has 10 nitrogen and oxygen atoms in total. The quantitative estimate of drug-likeness (QED) is 0.348. The first-order chi connectivity index (χ1) is 18.9. The second kappa shape index (κ2) is 11.7. The molecule has 1 saturated heterocycles. The highest BCUT2D eigenvalue weighted by molar-refractivity contribution is 6.07. The molecule has 1 saturated carbocycles. The van der Waals surface area contributed by atoms with Gasteiger partial charge in [0.05, 0.1) is 16.8 Å². The number of para-hydroxylation sites is 1. The van der Waals surface area contributed by atoms with E-state index in [9.17, 15) is 14.4 Å². The van der Waals surface area contributed by atoms with Gasteiger partial charge in [0.25, 0.3) is 5.91 Å². The molecule has 39 heavy (non-hydrogen) atoms. The minimum atomic E-state index is -0.983. The number of amides is 3. The van der Waals surface area contributed by atoms with Crippen LogP contribution in [-0.2, 0) is 4.79 Å². The number of pyridine rings is 2. The van der Waals surface area contributed by atoms with E-state index < -0.39 is 6.09 Å². The molecule has 0 unspecified atom stereocenters. The monoisotopic (exact) mass is 530 g/mol. The van der Waals surface area contributed by atoms with Crippen LogP contribution in [0.4, 0.5) is 10.6 Å². The van der Waals surface area contributed by atoms with Gasteiger partial charge in [0.1, 0.15) is 11.9 Å². The van der Waals surface area contributed by atoms with E-state index >= 15 is 0 Å². The van der Waals surface area contributed by atoms with E-state index in [-0.39, 0.29) is 17.9 Å². The number of benzene rings is 1. The summed E-state index contributed by atoms with van der Waals surface area (Å²) in [5.74, 6) is 0.942. The lowest BCUT2D eigenvalue weighted by Crippen LogP contribution is -2.40. The summed E-state index contributed by atoms with van der Waals surface area (Å²) in [4.78, 5) is 47.2. The fraction of sp³-hybridized carbons (Fsp3) is 0.414. The van der Waals surface area contributed by atoms with Crippen molar-refractivity contribution in [1.82, 2.24) is 20.6 Å². The van der Waals surface area contributed by atoms with E-state index in [0.29, 0.717) is 42.0 Å². The van der Waals surface area contributed by atoms with Crippen molar-refractivity contribution in [2.45, 2.75) is 44.6 Å². The van der Waals surface area contributed by atoms with Gasteiger partial charge in [-0.05, 0) is 74.6 Å². The summed E-state index contributed by atoms with van der Waals surface area (Å²) in [5.41, 5.74) is 8.28. The van der Waals surface area contributed by atoms with Gasteiger partial charge in [-0.15, -0.1) is 0 Å². The van der Waals surface area contributed by atoms with Crippen LogP contribution in [0.25, 0.3) is 22.2 Å². The molecule has 10 heteroatoms. The Morgan fingerprint density at radius 3 is 2.36 bits per heavy atom. The molecule has 3 heterocycles. The summed E-state index contributed by atoms with van der Waals surface area (Å²) in [7, 11) is 0. The van der Waals surface area contributed by atoms with E-state index in [1.807, 2.05) is 47.4 Å². The number of aromatic nitrogens is 2. The van der Waals surface area contributed by atoms with Crippen molar-refractivity contribution in [2.75, 3.05) is 24.5 Å². The van der Waals surface area contributed by atoms with E-state index in [4.69, 9.17) is 15.8 Å². The molecular formula is C29H34N6O4. The smallest absolute Gasteiger partial charge is 0.404 e. The van der Waals surface area contributed by atoms with Crippen molar-refractivity contribution < 1.29 is 19.5 Å². The van der Waals surface area contributed by atoms with Gasteiger partial charge in [-0.2, -0.15) is 0 Å². The van der Waals surface area contributed by atoms with Crippen LogP contribution in [0.1, 0.15) is 48.9 Å². The second-order valence-electron chi connectivity index (χ2n) is 10.5. The summed E-state index contributed by atoms with van der Waals surface area (Å²) < 4.78 is 0. The Morgan fingerprint density at radius 2 is 1.69 bits per heavy atom. The van der Waals surface area contributed by atoms with Crippen LogP contribution in [0, 0.1) is 11.8 Å². The maximum Gasteiger partial charge on any atom is 0.404 e. The van der Waals surface area contributed by atoms with Crippen molar-refractivity contribution in [1.29, 1.82) is 0 Å². The molecule has 204 valence electrons.